The predicted octanol–water partition coefficient (Wildman–Crippen LogP) is 15.4. The molecule has 1 aliphatic rings. The molecule has 0 bridgehead atoms. The van der Waals surface area contributed by atoms with Gasteiger partial charge in [-0.05, 0) is 122 Å². The second-order valence-electron chi connectivity index (χ2n) is 19.9. The van der Waals surface area contributed by atoms with Crippen LogP contribution in [0.15, 0.2) is 109 Å². The van der Waals surface area contributed by atoms with E-state index >= 15 is 0 Å². The summed E-state index contributed by atoms with van der Waals surface area (Å²) >= 11 is 0. The Morgan fingerprint density at radius 3 is 1.26 bits per heavy atom. The lowest BCUT2D eigenvalue weighted by atomic mass is 9.98. The summed E-state index contributed by atoms with van der Waals surface area (Å²) in [6, 6.07) is 0. The van der Waals surface area contributed by atoms with E-state index in [0.717, 1.165) is 141 Å². The topological polar surface area (TPSA) is 175 Å². The molecule has 3 N–H and O–H groups in total. The number of rotatable bonds is 49. The normalized spacial score (nSPS) is 18.8. The van der Waals surface area contributed by atoms with Gasteiger partial charge in [0, 0.05) is 19.3 Å². The van der Waals surface area contributed by atoms with E-state index in [4.69, 9.17) is 23.7 Å². The molecule has 12 nitrogen and oxygen atoms in total. The van der Waals surface area contributed by atoms with Gasteiger partial charge in [-0.2, -0.15) is 0 Å². The van der Waals surface area contributed by atoms with Crippen LogP contribution in [0.5, 0.6) is 0 Å². The average Bonchev–Trinajstić information content (AvgIpc) is 3.42. The minimum Gasteiger partial charge on any atom is -0.479 e. The van der Waals surface area contributed by atoms with Gasteiger partial charge in [-0.25, -0.2) is 4.79 Å². The number of ether oxygens (including phenoxy) is 5. The lowest BCUT2D eigenvalue weighted by molar-refractivity contribution is -0.301. The Balaban J connectivity index is 2.71. The summed E-state index contributed by atoms with van der Waals surface area (Å²) in [5, 5.41) is 31.5. The summed E-state index contributed by atoms with van der Waals surface area (Å²) in [6.45, 7) is 5.68. The molecular formula is C65H104O12. The van der Waals surface area contributed by atoms with Crippen molar-refractivity contribution in [2.75, 3.05) is 13.2 Å². The molecule has 0 spiro atoms. The van der Waals surface area contributed by atoms with Crippen molar-refractivity contribution in [3.8, 4) is 0 Å². The Hall–Kier alpha value is -4.62. The van der Waals surface area contributed by atoms with Crippen LogP contribution in [0, 0.1) is 0 Å². The van der Waals surface area contributed by atoms with E-state index in [0.29, 0.717) is 19.3 Å². The predicted molar refractivity (Wildman–Crippen MR) is 312 cm³/mol. The van der Waals surface area contributed by atoms with Crippen molar-refractivity contribution in [2.24, 2.45) is 0 Å². The van der Waals surface area contributed by atoms with E-state index in [9.17, 15) is 34.5 Å². The highest BCUT2D eigenvalue weighted by Crippen LogP contribution is 2.26. The van der Waals surface area contributed by atoms with Crippen molar-refractivity contribution < 1.29 is 58.2 Å². The van der Waals surface area contributed by atoms with E-state index in [1.165, 1.54) is 25.7 Å². The first-order chi connectivity index (χ1) is 37.6. The van der Waals surface area contributed by atoms with Crippen LogP contribution in [0.3, 0.4) is 0 Å². The second-order valence-corrected chi connectivity index (χ2v) is 19.9. The van der Waals surface area contributed by atoms with Gasteiger partial charge in [-0.3, -0.25) is 14.4 Å². The zero-order valence-electron chi connectivity index (χ0n) is 47.9. The first kappa shape index (κ1) is 70.4. The number of aliphatic hydroxyl groups excluding tert-OH is 2. The van der Waals surface area contributed by atoms with Crippen molar-refractivity contribution in [3.63, 3.8) is 0 Å². The molecular weight excluding hydrogens is 973 g/mol. The monoisotopic (exact) mass is 1080 g/mol. The number of hydrogen-bond donors (Lipinski definition) is 3. The van der Waals surface area contributed by atoms with Crippen LogP contribution in [-0.4, -0.2) is 89.2 Å². The lowest BCUT2D eigenvalue weighted by Crippen LogP contribution is -2.61. The highest BCUT2D eigenvalue weighted by molar-refractivity contribution is 5.74. The highest BCUT2D eigenvalue weighted by Gasteiger charge is 2.50. The standard InChI is InChI=1S/C65H104O12/c1-4-7-10-13-16-19-22-25-27-28-29-30-32-34-36-39-42-45-48-51-57(66)73-54-56(75-58(67)52-49-46-43-40-37-33-24-21-18-15-12-9-6-3)55-74-65-63(61(70)60(69)62(77-65)64(71)72)76-59(68)53-50-47-44-41-38-35-31-26-23-20-17-14-11-8-5-2/h8-9,11-12,16-21,25-27,29-31,33,37,56,60-63,65,69-70H,4-7,10,13-15,22-24,28,32,34-36,38-55H2,1-3H3,(H,71,72)/b11-8-,12-9-,19-16-,20-17-,21-18-,27-25-,30-29-,31-26-,37-33-. The molecule has 436 valence electrons. The number of carboxylic acids is 1. The van der Waals surface area contributed by atoms with E-state index in [1.807, 2.05) is 0 Å². The van der Waals surface area contributed by atoms with E-state index in [-0.39, 0.29) is 25.9 Å². The fraction of sp³-hybridized carbons (Fsp3) is 0.662. The fourth-order valence-corrected chi connectivity index (χ4v) is 8.28. The zero-order chi connectivity index (χ0) is 56.1. The maximum atomic E-state index is 13.1. The van der Waals surface area contributed by atoms with Crippen molar-refractivity contribution >= 4 is 23.9 Å². The largest absolute Gasteiger partial charge is 0.479 e. The Labute approximate surface area is 465 Å². The van der Waals surface area contributed by atoms with Gasteiger partial charge in [0.25, 0.3) is 0 Å². The third-order valence-electron chi connectivity index (χ3n) is 12.8. The Kier molecular flexibility index (Phi) is 47.6. The summed E-state index contributed by atoms with van der Waals surface area (Å²) in [4.78, 5) is 51.1. The Morgan fingerprint density at radius 2 is 0.818 bits per heavy atom. The number of aliphatic hydroxyl groups is 2. The number of allylic oxidation sites excluding steroid dienone is 18. The molecule has 1 rings (SSSR count). The second kappa shape index (κ2) is 52.1. The zero-order valence-corrected chi connectivity index (χ0v) is 47.9. The molecule has 0 aromatic rings. The van der Waals surface area contributed by atoms with Gasteiger partial charge in [0.15, 0.2) is 24.6 Å². The molecule has 1 fully saturated rings. The summed E-state index contributed by atoms with van der Waals surface area (Å²) in [5.41, 5.74) is 0. The Bertz CT molecular complexity index is 1750. The number of carbonyl (C=O) groups is 4. The molecule has 0 radical (unpaired) electrons. The number of esters is 3. The van der Waals surface area contributed by atoms with Crippen LogP contribution >= 0.6 is 0 Å². The number of hydrogen-bond acceptors (Lipinski definition) is 11. The SMILES string of the molecule is CC/C=C\C/C=C\C/C=C\CCCCCCCC(=O)OC1C(OCC(COC(=O)CCCCCCCC/C=C\C/C=C\C/C=C\CCCCC)OC(=O)CCCCC/C=C\C/C=C\C/C=C\CC)OC(C(=O)O)C(O)C1O. The molecule has 12 heteroatoms. The molecule has 1 aliphatic heterocycles. The minimum atomic E-state index is -1.92. The summed E-state index contributed by atoms with van der Waals surface area (Å²) in [7, 11) is 0. The van der Waals surface area contributed by atoms with Crippen LogP contribution in [0.1, 0.15) is 226 Å². The van der Waals surface area contributed by atoms with Crippen molar-refractivity contribution in [1.82, 2.24) is 0 Å². The van der Waals surface area contributed by atoms with E-state index < -0.39 is 67.3 Å². The molecule has 77 heavy (non-hydrogen) atoms. The van der Waals surface area contributed by atoms with Crippen LogP contribution in [0.25, 0.3) is 0 Å². The molecule has 0 saturated carbocycles. The lowest BCUT2D eigenvalue weighted by Gasteiger charge is -2.40. The van der Waals surface area contributed by atoms with Gasteiger partial charge in [0.1, 0.15) is 18.8 Å². The summed E-state index contributed by atoms with van der Waals surface area (Å²) in [5.74, 6) is -3.21. The number of carboxylic acid groups (broad SMARTS) is 1. The maximum absolute atomic E-state index is 13.1. The molecule has 1 saturated heterocycles. The maximum Gasteiger partial charge on any atom is 0.335 e. The third-order valence-corrected chi connectivity index (χ3v) is 12.8. The van der Waals surface area contributed by atoms with Gasteiger partial charge in [0.2, 0.25) is 0 Å². The molecule has 0 aromatic heterocycles. The highest BCUT2D eigenvalue weighted by atomic mass is 16.7. The molecule has 1 heterocycles. The van der Waals surface area contributed by atoms with Crippen LogP contribution < -0.4 is 0 Å². The number of aliphatic carboxylic acids is 1. The van der Waals surface area contributed by atoms with Crippen LogP contribution in [0.2, 0.25) is 0 Å². The molecule has 6 unspecified atom stereocenters. The van der Waals surface area contributed by atoms with Crippen LogP contribution in [-0.2, 0) is 42.9 Å². The van der Waals surface area contributed by atoms with E-state index in [2.05, 4.69) is 130 Å². The number of unbranched alkanes of at least 4 members (excludes halogenated alkanes) is 17. The van der Waals surface area contributed by atoms with Crippen molar-refractivity contribution in [3.05, 3.63) is 109 Å². The molecule has 0 aromatic carbocycles. The van der Waals surface area contributed by atoms with Gasteiger partial charge in [-0.1, -0.05) is 194 Å². The minimum absolute atomic E-state index is 0.0307. The van der Waals surface area contributed by atoms with Gasteiger partial charge in [0.05, 0.1) is 6.61 Å². The Morgan fingerprint density at radius 1 is 0.442 bits per heavy atom. The third kappa shape index (κ3) is 42.1. The van der Waals surface area contributed by atoms with Crippen molar-refractivity contribution in [2.45, 2.75) is 263 Å². The quantitative estimate of drug-likeness (QED) is 0.0228. The smallest absolute Gasteiger partial charge is 0.335 e. The first-order valence-electron chi connectivity index (χ1n) is 29.9. The van der Waals surface area contributed by atoms with Gasteiger partial charge < -0.3 is 39.0 Å². The average molecular weight is 1080 g/mol. The van der Waals surface area contributed by atoms with E-state index in [1.54, 1.807) is 0 Å². The van der Waals surface area contributed by atoms with Gasteiger partial charge in [-0.15, -0.1) is 0 Å². The van der Waals surface area contributed by atoms with Crippen molar-refractivity contribution in [1.29, 1.82) is 0 Å². The summed E-state index contributed by atoms with van der Waals surface area (Å²) in [6.07, 6.45) is 57.7. The fourth-order valence-electron chi connectivity index (χ4n) is 8.28. The van der Waals surface area contributed by atoms with Gasteiger partial charge >= 0.3 is 23.9 Å². The first-order valence-corrected chi connectivity index (χ1v) is 29.9. The molecule has 0 aliphatic carbocycles. The van der Waals surface area contributed by atoms with Crippen LogP contribution in [0.4, 0.5) is 0 Å². The molecule has 6 atom stereocenters. The summed E-state index contributed by atoms with van der Waals surface area (Å²) < 4.78 is 28.4. The number of carbonyl (C=O) groups excluding carboxylic acids is 3. The molecule has 0 amide bonds.